The van der Waals surface area contributed by atoms with Gasteiger partial charge < -0.3 is 19.8 Å². The summed E-state index contributed by atoms with van der Waals surface area (Å²) in [5.74, 6) is 0.102. The molecule has 3 aliphatic rings. The van der Waals surface area contributed by atoms with E-state index in [4.69, 9.17) is 4.74 Å². The summed E-state index contributed by atoms with van der Waals surface area (Å²) in [5, 5.41) is 19.4. The highest BCUT2D eigenvalue weighted by Gasteiger charge is 2.57. The fourth-order valence-electron chi connectivity index (χ4n) is 5.11. The second-order valence-corrected chi connectivity index (χ2v) is 9.29. The van der Waals surface area contributed by atoms with Gasteiger partial charge in [-0.2, -0.15) is 0 Å². The van der Waals surface area contributed by atoms with Gasteiger partial charge in [0, 0.05) is 18.7 Å². The van der Waals surface area contributed by atoms with Gasteiger partial charge in [-0.15, -0.1) is 0 Å². The van der Waals surface area contributed by atoms with Gasteiger partial charge in [-0.05, 0) is 72.8 Å². The fraction of sp³-hybridized carbons (Fsp3) is 0.440. The molecule has 0 aromatic heterocycles. The number of hydrogen-bond acceptors (Lipinski definition) is 4. The lowest BCUT2D eigenvalue weighted by Crippen LogP contribution is -2.45. The van der Waals surface area contributed by atoms with Crippen molar-refractivity contribution in [2.24, 2.45) is 5.41 Å². The Hall–Kier alpha value is -2.86. The first-order valence-corrected chi connectivity index (χ1v) is 10.9. The first kappa shape index (κ1) is 20.1. The second kappa shape index (κ2) is 7.09. The van der Waals surface area contributed by atoms with E-state index in [0.29, 0.717) is 24.5 Å². The SMILES string of the molecule is COc1ccc(C(=O)O)cc1-c1ccc([C@@H]2CC23CCN(C(=O)C2(O)CC2)CC3)cc1. The van der Waals surface area contributed by atoms with Crippen molar-refractivity contribution in [1.82, 2.24) is 4.90 Å². The molecule has 0 unspecified atom stereocenters. The van der Waals surface area contributed by atoms with Crippen LogP contribution < -0.4 is 4.74 Å². The standard InChI is InChI=1S/C25H27NO5/c1-31-21-7-6-18(22(27)28)14-19(21)16-2-4-17(5-3-16)20-15-24(20)10-12-26(13-11-24)23(29)25(30)8-9-25/h2-7,14,20,30H,8-13,15H2,1H3,(H,27,28)/t20-/m0/s1. The number of carboxylic acid groups (broad SMARTS) is 1. The molecule has 0 radical (unpaired) electrons. The summed E-state index contributed by atoms with van der Waals surface area (Å²) >= 11 is 0. The Morgan fingerprint density at radius 3 is 2.29 bits per heavy atom. The molecule has 2 aromatic rings. The van der Waals surface area contributed by atoms with Crippen LogP contribution in [0.25, 0.3) is 11.1 Å². The summed E-state index contributed by atoms with van der Waals surface area (Å²) in [6.45, 7) is 1.46. The van der Waals surface area contributed by atoms with Crippen molar-refractivity contribution in [3.05, 3.63) is 53.6 Å². The molecule has 2 N–H and O–H groups in total. The van der Waals surface area contributed by atoms with Gasteiger partial charge in [-0.3, -0.25) is 4.79 Å². The van der Waals surface area contributed by atoms with Crippen LogP contribution in [-0.4, -0.2) is 52.8 Å². The highest BCUT2D eigenvalue weighted by Crippen LogP contribution is 2.65. The van der Waals surface area contributed by atoms with Crippen LogP contribution in [0, 0.1) is 5.41 Å². The Kier molecular flexibility index (Phi) is 4.59. The van der Waals surface area contributed by atoms with Crippen molar-refractivity contribution in [3.63, 3.8) is 0 Å². The number of likely N-dealkylation sites (tertiary alicyclic amines) is 1. The monoisotopic (exact) mass is 421 g/mol. The molecule has 5 rings (SSSR count). The number of methoxy groups -OCH3 is 1. The lowest BCUT2D eigenvalue weighted by atomic mass is 9.88. The number of ether oxygens (including phenoxy) is 1. The molecule has 162 valence electrons. The van der Waals surface area contributed by atoms with Crippen molar-refractivity contribution in [2.75, 3.05) is 20.2 Å². The highest BCUT2D eigenvalue weighted by atomic mass is 16.5. The number of carbonyl (C=O) groups excluding carboxylic acids is 1. The van der Waals surface area contributed by atoms with E-state index < -0.39 is 11.6 Å². The van der Waals surface area contributed by atoms with Crippen LogP contribution in [0.1, 0.15) is 53.9 Å². The molecular weight excluding hydrogens is 394 g/mol. The summed E-state index contributed by atoms with van der Waals surface area (Å²) in [6.07, 6.45) is 4.30. The number of benzene rings is 2. The van der Waals surface area contributed by atoms with Crippen LogP contribution in [0.4, 0.5) is 0 Å². The molecule has 3 fully saturated rings. The number of hydrogen-bond donors (Lipinski definition) is 2. The molecular formula is C25H27NO5. The molecule has 1 aliphatic heterocycles. The van der Waals surface area contributed by atoms with E-state index in [1.807, 2.05) is 17.0 Å². The van der Waals surface area contributed by atoms with Crippen LogP contribution in [0.2, 0.25) is 0 Å². The summed E-state index contributed by atoms with van der Waals surface area (Å²) in [7, 11) is 1.58. The zero-order valence-corrected chi connectivity index (χ0v) is 17.6. The lowest BCUT2D eigenvalue weighted by Gasteiger charge is -2.34. The third kappa shape index (κ3) is 3.49. The van der Waals surface area contributed by atoms with E-state index in [2.05, 4.69) is 12.1 Å². The molecule has 0 bridgehead atoms. The molecule has 1 amide bonds. The Bertz CT molecular complexity index is 1030. The largest absolute Gasteiger partial charge is 0.496 e. The molecule has 2 saturated carbocycles. The quantitative estimate of drug-likeness (QED) is 0.769. The Morgan fingerprint density at radius 1 is 1.03 bits per heavy atom. The van der Waals surface area contributed by atoms with Crippen molar-refractivity contribution >= 4 is 11.9 Å². The van der Waals surface area contributed by atoms with Gasteiger partial charge in [-0.25, -0.2) is 4.79 Å². The zero-order valence-electron chi connectivity index (χ0n) is 17.6. The average Bonchev–Trinajstić information content (AvgIpc) is 3.71. The van der Waals surface area contributed by atoms with Crippen LogP contribution in [0.3, 0.4) is 0 Å². The van der Waals surface area contributed by atoms with Gasteiger partial charge in [0.15, 0.2) is 0 Å². The van der Waals surface area contributed by atoms with E-state index in [-0.39, 0.29) is 16.9 Å². The Morgan fingerprint density at radius 2 is 1.71 bits per heavy atom. The fourth-order valence-corrected chi connectivity index (χ4v) is 5.11. The number of amides is 1. The van der Waals surface area contributed by atoms with Crippen molar-refractivity contribution in [2.45, 2.75) is 43.6 Å². The van der Waals surface area contributed by atoms with Crippen LogP contribution in [-0.2, 0) is 4.79 Å². The third-order valence-corrected chi connectivity index (χ3v) is 7.43. The number of nitrogens with zero attached hydrogens (tertiary/aromatic N) is 1. The number of carboxylic acids is 1. The van der Waals surface area contributed by atoms with Crippen molar-refractivity contribution in [3.8, 4) is 16.9 Å². The normalized spacial score (nSPS) is 22.8. The van der Waals surface area contributed by atoms with Crippen molar-refractivity contribution in [1.29, 1.82) is 0 Å². The van der Waals surface area contributed by atoms with E-state index in [1.54, 1.807) is 25.3 Å². The second-order valence-electron chi connectivity index (χ2n) is 9.29. The van der Waals surface area contributed by atoms with Crippen LogP contribution >= 0.6 is 0 Å². The summed E-state index contributed by atoms with van der Waals surface area (Å²) in [4.78, 5) is 25.6. The topological polar surface area (TPSA) is 87.1 Å². The van der Waals surface area contributed by atoms with Gasteiger partial charge >= 0.3 is 5.97 Å². The van der Waals surface area contributed by atoms with E-state index in [9.17, 15) is 19.8 Å². The minimum Gasteiger partial charge on any atom is -0.496 e. The highest BCUT2D eigenvalue weighted by molar-refractivity contribution is 5.90. The molecule has 2 aliphatic carbocycles. The van der Waals surface area contributed by atoms with Gasteiger partial charge in [-0.1, -0.05) is 24.3 Å². The molecule has 1 atom stereocenters. The number of piperidine rings is 1. The molecule has 1 saturated heterocycles. The maximum atomic E-state index is 12.4. The number of rotatable bonds is 5. The average molecular weight is 421 g/mol. The molecule has 6 nitrogen and oxygen atoms in total. The summed E-state index contributed by atoms with van der Waals surface area (Å²) < 4.78 is 5.43. The maximum absolute atomic E-state index is 12.4. The third-order valence-electron chi connectivity index (χ3n) is 7.43. The minimum atomic E-state index is -1.07. The predicted molar refractivity (Wildman–Crippen MR) is 115 cm³/mol. The molecule has 6 heteroatoms. The molecule has 31 heavy (non-hydrogen) atoms. The lowest BCUT2D eigenvalue weighted by molar-refractivity contribution is -0.144. The smallest absolute Gasteiger partial charge is 0.335 e. The van der Waals surface area contributed by atoms with Gasteiger partial charge in [0.2, 0.25) is 0 Å². The number of aliphatic hydroxyl groups is 1. The molecule has 2 aromatic carbocycles. The van der Waals surface area contributed by atoms with Crippen molar-refractivity contribution < 1.29 is 24.5 Å². The van der Waals surface area contributed by atoms with Gasteiger partial charge in [0.25, 0.3) is 5.91 Å². The maximum Gasteiger partial charge on any atom is 0.335 e. The minimum absolute atomic E-state index is 0.0820. The summed E-state index contributed by atoms with van der Waals surface area (Å²) in [6, 6.07) is 13.2. The summed E-state index contributed by atoms with van der Waals surface area (Å²) in [5.41, 5.74) is 2.42. The first-order chi connectivity index (χ1) is 14.8. The van der Waals surface area contributed by atoms with E-state index in [1.165, 1.54) is 5.56 Å². The molecule has 1 heterocycles. The van der Waals surface area contributed by atoms with E-state index >= 15 is 0 Å². The van der Waals surface area contributed by atoms with Gasteiger partial charge in [0.05, 0.1) is 12.7 Å². The predicted octanol–water partition coefficient (Wildman–Crippen LogP) is 3.68. The van der Waals surface area contributed by atoms with Gasteiger partial charge in [0.1, 0.15) is 11.4 Å². The Balaban J connectivity index is 1.29. The molecule has 1 spiro atoms. The zero-order chi connectivity index (χ0) is 21.8. The van der Waals surface area contributed by atoms with E-state index in [0.717, 1.165) is 43.5 Å². The van der Waals surface area contributed by atoms with Crippen LogP contribution in [0.15, 0.2) is 42.5 Å². The first-order valence-electron chi connectivity index (χ1n) is 10.9. The number of aromatic carboxylic acids is 1. The van der Waals surface area contributed by atoms with Crippen LogP contribution in [0.5, 0.6) is 5.75 Å². The number of carbonyl (C=O) groups is 2. The Labute approximate surface area is 181 Å².